The highest BCUT2D eigenvalue weighted by molar-refractivity contribution is 14.1. The fourth-order valence-corrected chi connectivity index (χ4v) is 2.77. The molecular formula is C17H13ClIN3O2S. The molecule has 0 aromatic heterocycles. The first-order valence-corrected chi connectivity index (χ1v) is 8.92. The van der Waals surface area contributed by atoms with Gasteiger partial charge in [-0.25, -0.2) is 0 Å². The maximum absolute atomic E-state index is 12.0. The number of hydrogen-bond donors (Lipinski definition) is 3. The molecule has 2 amide bonds. The van der Waals surface area contributed by atoms with Crippen LogP contribution in [0.25, 0.3) is 6.08 Å². The van der Waals surface area contributed by atoms with E-state index < -0.39 is 5.91 Å². The minimum absolute atomic E-state index is 0.0203. The number of thiocarbonyl (C=S) groups is 1. The van der Waals surface area contributed by atoms with Gasteiger partial charge in [0.15, 0.2) is 5.11 Å². The highest BCUT2D eigenvalue weighted by Gasteiger charge is 2.09. The lowest BCUT2D eigenvalue weighted by molar-refractivity contribution is -0.115. The van der Waals surface area contributed by atoms with Gasteiger partial charge < -0.3 is 0 Å². The minimum atomic E-state index is -0.444. The number of hydrogen-bond acceptors (Lipinski definition) is 3. The molecule has 0 aliphatic heterocycles. The van der Waals surface area contributed by atoms with Crippen LogP contribution in [0.5, 0.6) is 0 Å². The van der Waals surface area contributed by atoms with Crippen molar-refractivity contribution in [3.05, 3.63) is 74.3 Å². The molecule has 2 aromatic rings. The van der Waals surface area contributed by atoms with Crippen molar-refractivity contribution < 1.29 is 9.59 Å². The van der Waals surface area contributed by atoms with Crippen molar-refractivity contribution in [2.75, 3.05) is 0 Å². The van der Waals surface area contributed by atoms with Crippen molar-refractivity contribution >= 4 is 69.4 Å². The molecule has 0 saturated carbocycles. The zero-order valence-corrected chi connectivity index (χ0v) is 16.5. The summed E-state index contributed by atoms with van der Waals surface area (Å²) in [7, 11) is 0. The molecule has 0 radical (unpaired) electrons. The highest BCUT2D eigenvalue weighted by Crippen LogP contribution is 2.16. The third-order valence-electron chi connectivity index (χ3n) is 2.96. The molecule has 0 fully saturated rings. The smallest absolute Gasteiger partial charge is 0.270 e. The van der Waals surface area contributed by atoms with E-state index in [2.05, 4.69) is 38.8 Å². The Hall–Kier alpha value is -1.97. The molecule has 8 heteroatoms. The van der Waals surface area contributed by atoms with Crippen LogP contribution >= 0.6 is 46.4 Å². The average molecular weight is 486 g/mol. The monoisotopic (exact) mass is 485 g/mol. The molecule has 2 rings (SSSR count). The Labute approximate surface area is 168 Å². The molecule has 0 aliphatic carbocycles. The lowest BCUT2D eigenvalue weighted by Crippen LogP contribution is -2.48. The Bertz CT molecular complexity index is 842. The van der Waals surface area contributed by atoms with Crippen molar-refractivity contribution in [1.29, 1.82) is 0 Å². The predicted molar refractivity (Wildman–Crippen MR) is 111 cm³/mol. The van der Waals surface area contributed by atoms with Gasteiger partial charge in [0.2, 0.25) is 5.91 Å². The number of carbonyl (C=O) groups is 2. The molecule has 0 aliphatic rings. The molecule has 2 aromatic carbocycles. The fraction of sp³-hybridized carbons (Fsp3) is 0. The van der Waals surface area contributed by atoms with Crippen LogP contribution < -0.4 is 16.2 Å². The summed E-state index contributed by atoms with van der Waals surface area (Å²) in [6, 6.07) is 14.2. The van der Waals surface area contributed by atoms with Crippen molar-refractivity contribution in [2.24, 2.45) is 0 Å². The predicted octanol–water partition coefficient (Wildman–Crippen LogP) is 3.29. The van der Waals surface area contributed by atoms with E-state index in [1.54, 1.807) is 36.4 Å². The van der Waals surface area contributed by atoms with Crippen LogP contribution in [-0.4, -0.2) is 16.9 Å². The van der Waals surface area contributed by atoms with Crippen LogP contribution in [0.15, 0.2) is 54.6 Å². The van der Waals surface area contributed by atoms with E-state index >= 15 is 0 Å². The van der Waals surface area contributed by atoms with Gasteiger partial charge in [0.1, 0.15) is 0 Å². The largest absolute Gasteiger partial charge is 0.298 e. The maximum atomic E-state index is 12.0. The van der Waals surface area contributed by atoms with Crippen LogP contribution in [0.4, 0.5) is 0 Å². The molecule has 0 saturated heterocycles. The van der Waals surface area contributed by atoms with Crippen molar-refractivity contribution in [3.8, 4) is 0 Å². The second kappa shape index (κ2) is 9.50. The molecule has 5 nitrogen and oxygen atoms in total. The van der Waals surface area contributed by atoms with Gasteiger partial charge in [-0.2, -0.15) is 0 Å². The van der Waals surface area contributed by atoms with Crippen LogP contribution in [0, 0.1) is 3.57 Å². The maximum Gasteiger partial charge on any atom is 0.270 e. The van der Waals surface area contributed by atoms with Gasteiger partial charge in [-0.1, -0.05) is 41.9 Å². The highest BCUT2D eigenvalue weighted by atomic mass is 127. The van der Waals surface area contributed by atoms with Crippen LogP contribution in [0.1, 0.15) is 15.9 Å². The Kier molecular flexibility index (Phi) is 7.35. The second-order valence-electron chi connectivity index (χ2n) is 4.73. The van der Waals surface area contributed by atoms with Crippen LogP contribution in [-0.2, 0) is 4.79 Å². The van der Waals surface area contributed by atoms with Crippen molar-refractivity contribution in [2.45, 2.75) is 0 Å². The van der Waals surface area contributed by atoms with Gasteiger partial charge in [0, 0.05) is 14.7 Å². The van der Waals surface area contributed by atoms with E-state index in [1.165, 1.54) is 6.08 Å². The summed E-state index contributed by atoms with van der Waals surface area (Å²) < 4.78 is 0.803. The molecule has 0 unspecified atom stereocenters. The first kappa shape index (κ1) is 19.4. The van der Waals surface area contributed by atoms with Crippen molar-refractivity contribution in [3.63, 3.8) is 0 Å². The summed E-state index contributed by atoms with van der Waals surface area (Å²) in [5.41, 5.74) is 6.13. The van der Waals surface area contributed by atoms with Gasteiger partial charge in [-0.3, -0.25) is 25.8 Å². The lowest BCUT2D eigenvalue weighted by Gasteiger charge is -2.10. The Morgan fingerprint density at radius 2 is 1.72 bits per heavy atom. The van der Waals surface area contributed by atoms with Gasteiger partial charge >= 0.3 is 0 Å². The number of hydrazine groups is 1. The fourth-order valence-electron chi connectivity index (χ4n) is 1.79. The molecule has 3 N–H and O–H groups in total. The second-order valence-corrected chi connectivity index (χ2v) is 6.71. The van der Waals surface area contributed by atoms with Gasteiger partial charge in [0.25, 0.3) is 5.91 Å². The molecular weight excluding hydrogens is 473 g/mol. The zero-order chi connectivity index (χ0) is 18.2. The van der Waals surface area contributed by atoms with Crippen molar-refractivity contribution in [1.82, 2.24) is 16.2 Å². The summed E-state index contributed by atoms with van der Waals surface area (Å²) in [5, 5.41) is 2.94. The summed E-state index contributed by atoms with van der Waals surface area (Å²) in [6.07, 6.45) is 2.88. The lowest BCUT2D eigenvalue weighted by atomic mass is 10.2. The number of nitrogens with one attached hydrogen (secondary N) is 3. The van der Waals surface area contributed by atoms with Gasteiger partial charge in [0.05, 0.1) is 5.56 Å². The summed E-state index contributed by atoms with van der Waals surface area (Å²) in [6.45, 7) is 0. The molecule has 0 bridgehead atoms. The Balaban J connectivity index is 1.84. The SMILES string of the molecule is O=C(C=Cc1ccccc1Cl)NC(=S)NNC(=O)c1ccccc1I. The average Bonchev–Trinajstić information content (AvgIpc) is 2.59. The molecule has 0 spiro atoms. The van der Waals surface area contributed by atoms with E-state index in [-0.39, 0.29) is 11.0 Å². The topological polar surface area (TPSA) is 70.2 Å². The number of carbonyl (C=O) groups excluding carboxylic acids is 2. The summed E-state index contributed by atoms with van der Waals surface area (Å²) >= 11 is 13.0. The first-order valence-electron chi connectivity index (χ1n) is 7.06. The third-order valence-corrected chi connectivity index (χ3v) is 4.45. The van der Waals surface area contributed by atoms with E-state index in [1.807, 2.05) is 18.2 Å². The van der Waals surface area contributed by atoms with Crippen LogP contribution in [0.3, 0.4) is 0 Å². The number of halogens is 2. The minimum Gasteiger partial charge on any atom is -0.298 e. The quantitative estimate of drug-likeness (QED) is 0.270. The number of rotatable bonds is 3. The first-order chi connectivity index (χ1) is 12.0. The van der Waals surface area contributed by atoms with E-state index in [0.717, 1.165) is 3.57 Å². The van der Waals surface area contributed by atoms with Gasteiger partial charge in [-0.05, 0) is 64.6 Å². The number of amides is 2. The Morgan fingerprint density at radius 1 is 1.04 bits per heavy atom. The third kappa shape index (κ3) is 6.11. The number of benzene rings is 2. The van der Waals surface area contributed by atoms with E-state index in [0.29, 0.717) is 16.1 Å². The molecule has 25 heavy (non-hydrogen) atoms. The normalized spacial score (nSPS) is 10.3. The molecule has 128 valence electrons. The van der Waals surface area contributed by atoms with Gasteiger partial charge in [-0.15, -0.1) is 0 Å². The van der Waals surface area contributed by atoms with Crippen LogP contribution in [0.2, 0.25) is 5.02 Å². The summed E-state index contributed by atoms with van der Waals surface area (Å²) in [5.74, 6) is -0.797. The standard InChI is InChI=1S/C17H13ClIN3O2S/c18-13-7-3-1-5-11(13)9-10-15(23)20-17(25)22-21-16(24)12-6-2-4-8-14(12)19/h1-10H,(H,21,24)(H2,20,22,23,25). The summed E-state index contributed by atoms with van der Waals surface area (Å²) in [4.78, 5) is 23.8. The molecule has 0 atom stereocenters. The van der Waals surface area contributed by atoms with E-state index in [9.17, 15) is 9.59 Å². The molecule has 0 heterocycles. The van der Waals surface area contributed by atoms with E-state index in [4.69, 9.17) is 23.8 Å². The zero-order valence-electron chi connectivity index (χ0n) is 12.8. The Morgan fingerprint density at radius 3 is 2.44 bits per heavy atom.